The molecule has 166 valence electrons. The molecule has 0 radical (unpaired) electrons. The zero-order valence-electron chi connectivity index (χ0n) is 19.0. The minimum Gasteiger partial charge on any atom is -0.354 e. The van der Waals surface area contributed by atoms with Gasteiger partial charge in [0.05, 0.1) is 5.56 Å². The van der Waals surface area contributed by atoms with Crippen LogP contribution in [-0.2, 0) is 16.6 Å². The number of nitrogens with zero attached hydrogens (tertiary/aromatic N) is 1. The Kier molecular flexibility index (Phi) is 7.26. The lowest BCUT2D eigenvalue weighted by molar-refractivity contribution is -0.122. The number of rotatable bonds is 10. The number of nitrogens with one attached hydrogen (secondary N) is 1. The summed E-state index contributed by atoms with van der Waals surface area (Å²) in [5.74, 6) is -0.563. The van der Waals surface area contributed by atoms with Crippen molar-refractivity contribution in [3.05, 3.63) is 71.0 Å². The van der Waals surface area contributed by atoms with Crippen LogP contribution in [0.25, 0.3) is 0 Å². The van der Waals surface area contributed by atoms with E-state index in [4.69, 9.17) is 0 Å². The first-order valence-corrected chi connectivity index (χ1v) is 11.1. The average Bonchev–Trinajstić information content (AvgIpc) is 3.44. The second-order valence-corrected chi connectivity index (χ2v) is 9.09. The van der Waals surface area contributed by atoms with E-state index in [2.05, 4.69) is 24.4 Å². The third-order valence-electron chi connectivity index (χ3n) is 6.51. The number of halogens is 1. The Labute approximate surface area is 184 Å². The van der Waals surface area contributed by atoms with Crippen molar-refractivity contribution in [3.63, 3.8) is 0 Å². The van der Waals surface area contributed by atoms with Crippen molar-refractivity contribution < 1.29 is 14.0 Å². The van der Waals surface area contributed by atoms with Crippen LogP contribution in [0.4, 0.5) is 4.39 Å². The summed E-state index contributed by atoms with van der Waals surface area (Å²) >= 11 is 0. The maximum Gasteiger partial charge on any atom is 0.224 e. The number of ketones is 1. The van der Waals surface area contributed by atoms with Crippen molar-refractivity contribution >= 4 is 11.7 Å². The van der Waals surface area contributed by atoms with Gasteiger partial charge in [-0.15, -0.1) is 0 Å². The van der Waals surface area contributed by atoms with E-state index in [1.807, 2.05) is 50.2 Å². The molecule has 1 aliphatic carbocycles. The molecule has 0 saturated heterocycles. The van der Waals surface area contributed by atoms with Gasteiger partial charge in [-0.25, -0.2) is 4.39 Å². The van der Waals surface area contributed by atoms with Gasteiger partial charge in [0.2, 0.25) is 5.91 Å². The van der Waals surface area contributed by atoms with E-state index in [0.717, 1.165) is 12.0 Å². The molecular formula is C26H33FN2O2. The molecule has 0 bridgehead atoms. The Bertz CT molecular complexity index is 928. The van der Waals surface area contributed by atoms with Crippen LogP contribution < -0.4 is 5.32 Å². The van der Waals surface area contributed by atoms with Gasteiger partial charge in [0, 0.05) is 30.3 Å². The number of benzene rings is 2. The summed E-state index contributed by atoms with van der Waals surface area (Å²) in [6.45, 7) is 4.54. The number of carbonyl (C=O) groups excluding carboxylic acids is 2. The van der Waals surface area contributed by atoms with Gasteiger partial charge in [-0.05, 0) is 56.6 Å². The van der Waals surface area contributed by atoms with E-state index in [0.29, 0.717) is 25.8 Å². The molecule has 0 spiro atoms. The Morgan fingerprint density at radius 1 is 1.19 bits per heavy atom. The fourth-order valence-corrected chi connectivity index (χ4v) is 4.21. The SMILES string of the molecule is CCCC(=O)c1ccc(C[C@@H](CNC(=O)[C@@H]2C[C@]2(C)c2ccccc2)N(C)C)cc1F. The van der Waals surface area contributed by atoms with Crippen molar-refractivity contribution in [3.8, 4) is 0 Å². The molecule has 31 heavy (non-hydrogen) atoms. The summed E-state index contributed by atoms with van der Waals surface area (Å²) in [6.07, 6.45) is 2.50. The molecule has 0 aromatic heterocycles. The van der Waals surface area contributed by atoms with Gasteiger partial charge in [-0.3, -0.25) is 9.59 Å². The number of likely N-dealkylation sites (N-methyl/N-ethyl adjacent to an activating group) is 1. The highest BCUT2D eigenvalue weighted by Gasteiger charge is 2.55. The third-order valence-corrected chi connectivity index (χ3v) is 6.51. The predicted molar refractivity (Wildman–Crippen MR) is 122 cm³/mol. The molecule has 1 saturated carbocycles. The highest BCUT2D eigenvalue weighted by Crippen LogP contribution is 2.53. The van der Waals surface area contributed by atoms with Gasteiger partial charge in [0.1, 0.15) is 5.82 Å². The topological polar surface area (TPSA) is 49.4 Å². The van der Waals surface area contributed by atoms with Gasteiger partial charge < -0.3 is 10.2 Å². The van der Waals surface area contributed by atoms with E-state index < -0.39 is 5.82 Å². The molecule has 0 unspecified atom stereocenters. The molecule has 1 N–H and O–H groups in total. The van der Waals surface area contributed by atoms with Crippen molar-refractivity contribution in [2.75, 3.05) is 20.6 Å². The fourth-order valence-electron chi connectivity index (χ4n) is 4.21. The summed E-state index contributed by atoms with van der Waals surface area (Å²) in [5, 5.41) is 3.10. The number of hydrogen-bond acceptors (Lipinski definition) is 3. The molecular weight excluding hydrogens is 391 g/mol. The largest absolute Gasteiger partial charge is 0.354 e. The number of amides is 1. The standard InChI is InChI=1S/C26H33FN2O2/c1-5-9-24(30)21-13-12-18(15-23(21)27)14-20(29(3)4)17-28-25(31)22-16-26(22,2)19-10-7-6-8-11-19/h6-8,10-13,15,20,22H,5,9,14,16-17H2,1-4H3,(H,28,31)/t20-,22-,26+/m0/s1. The van der Waals surface area contributed by atoms with Gasteiger partial charge in [0.25, 0.3) is 0 Å². The van der Waals surface area contributed by atoms with E-state index in [-0.39, 0.29) is 34.6 Å². The molecule has 0 aliphatic heterocycles. The third kappa shape index (κ3) is 5.40. The Balaban J connectivity index is 1.59. The Morgan fingerprint density at radius 2 is 1.90 bits per heavy atom. The van der Waals surface area contributed by atoms with Crippen molar-refractivity contribution in [1.29, 1.82) is 0 Å². The van der Waals surface area contributed by atoms with Crippen LogP contribution in [0, 0.1) is 11.7 Å². The first-order valence-electron chi connectivity index (χ1n) is 11.1. The molecule has 4 nitrogen and oxygen atoms in total. The highest BCUT2D eigenvalue weighted by atomic mass is 19.1. The molecule has 1 fully saturated rings. The van der Waals surface area contributed by atoms with Gasteiger partial charge in [-0.1, -0.05) is 50.2 Å². The Hall–Kier alpha value is -2.53. The summed E-state index contributed by atoms with van der Waals surface area (Å²) in [6, 6.07) is 15.1. The van der Waals surface area contributed by atoms with E-state index in [1.165, 1.54) is 11.6 Å². The van der Waals surface area contributed by atoms with Gasteiger partial charge in [-0.2, -0.15) is 0 Å². The van der Waals surface area contributed by atoms with Crippen molar-refractivity contribution in [2.45, 2.75) is 51.0 Å². The number of carbonyl (C=O) groups is 2. The second-order valence-electron chi connectivity index (χ2n) is 9.09. The minimum atomic E-state index is -0.464. The normalized spacial score (nSPS) is 21.0. The van der Waals surface area contributed by atoms with Crippen molar-refractivity contribution in [2.24, 2.45) is 5.92 Å². The van der Waals surface area contributed by atoms with Crippen LogP contribution in [0.1, 0.15) is 54.6 Å². The van der Waals surface area contributed by atoms with Crippen LogP contribution in [0.15, 0.2) is 48.5 Å². The first kappa shape index (κ1) is 23.1. The first-order chi connectivity index (χ1) is 14.8. The van der Waals surface area contributed by atoms with Crippen LogP contribution >= 0.6 is 0 Å². The number of Topliss-reactive ketones (excluding diaryl/α,β-unsaturated/α-hetero) is 1. The number of hydrogen-bond donors (Lipinski definition) is 1. The zero-order valence-corrected chi connectivity index (χ0v) is 19.0. The quantitative estimate of drug-likeness (QED) is 0.576. The maximum absolute atomic E-state index is 14.4. The molecule has 5 heteroatoms. The highest BCUT2D eigenvalue weighted by molar-refractivity contribution is 5.96. The molecule has 1 aliphatic rings. The summed E-state index contributed by atoms with van der Waals surface area (Å²) in [4.78, 5) is 26.8. The summed E-state index contributed by atoms with van der Waals surface area (Å²) in [7, 11) is 3.91. The lowest BCUT2D eigenvalue weighted by Gasteiger charge is -2.25. The predicted octanol–water partition coefficient (Wildman–Crippen LogP) is 4.38. The van der Waals surface area contributed by atoms with Crippen LogP contribution in [0.2, 0.25) is 0 Å². The van der Waals surface area contributed by atoms with Crippen LogP contribution in [0.5, 0.6) is 0 Å². The molecule has 3 atom stereocenters. The average molecular weight is 425 g/mol. The lowest BCUT2D eigenvalue weighted by atomic mass is 9.95. The van der Waals surface area contributed by atoms with E-state index in [1.54, 1.807) is 6.07 Å². The maximum atomic E-state index is 14.4. The van der Waals surface area contributed by atoms with Crippen LogP contribution in [0.3, 0.4) is 0 Å². The minimum absolute atomic E-state index is 0.0148. The molecule has 1 amide bonds. The molecule has 2 aromatic rings. The Morgan fingerprint density at radius 3 is 2.52 bits per heavy atom. The molecule has 3 rings (SSSR count). The molecule has 0 heterocycles. The van der Waals surface area contributed by atoms with Crippen molar-refractivity contribution in [1.82, 2.24) is 10.2 Å². The molecule has 2 aromatic carbocycles. The van der Waals surface area contributed by atoms with E-state index in [9.17, 15) is 14.0 Å². The summed E-state index contributed by atoms with van der Waals surface area (Å²) < 4.78 is 14.4. The van der Waals surface area contributed by atoms with Gasteiger partial charge >= 0.3 is 0 Å². The lowest BCUT2D eigenvalue weighted by Crippen LogP contribution is -2.42. The fraction of sp³-hybridized carbons (Fsp3) is 0.462. The van der Waals surface area contributed by atoms with E-state index >= 15 is 0 Å². The van der Waals surface area contributed by atoms with Crippen LogP contribution in [-0.4, -0.2) is 43.3 Å². The summed E-state index contributed by atoms with van der Waals surface area (Å²) in [5.41, 5.74) is 2.09. The zero-order chi connectivity index (χ0) is 22.6. The monoisotopic (exact) mass is 424 g/mol. The second kappa shape index (κ2) is 9.73. The smallest absolute Gasteiger partial charge is 0.224 e. The van der Waals surface area contributed by atoms with Gasteiger partial charge in [0.15, 0.2) is 5.78 Å².